The zero-order chi connectivity index (χ0) is 13.0. The lowest BCUT2D eigenvalue weighted by Gasteiger charge is -2.19. The number of rotatable bonds is 4. The molecule has 1 aromatic carbocycles. The largest absolute Gasteiger partial charge is 0.508 e. The van der Waals surface area contributed by atoms with Crippen molar-refractivity contribution in [1.82, 2.24) is 4.90 Å². The smallest absolute Gasteiger partial charge is 0.258 e. The molecule has 0 fully saturated rings. The van der Waals surface area contributed by atoms with E-state index in [0.717, 1.165) is 6.07 Å². The molecule has 0 heterocycles. The number of aromatic hydroxyl groups is 2. The SMILES string of the molecule is CCN(CC(N)=O)C(=O)c1cc(O)ccc1O. The van der Waals surface area contributed by atoms with Crippen molar-refractivity contribution in [2.45, 2.75) is 6.92 Å². The molecule has 0 aliphatic heterocycles. The van der Waals surface area contributed by atoms with E-state index >= 15 is 0 Å². The van der Waals surface area contributed by atoms with Gasteiger partial charge in [0.25, 0.3) is 5.91 Å². The highest BCUT2D eigenvalue weighted by molar-refractivity contribution is 5.98. The van der Waals surface area contributed by atoms with Gasteiger partial charge in [0.15, 0.2) is 0 Å². The van der Waals surface area contributed by atoms with E-state index in [1.807, 2.05) is 0 Å². The van der Waals surface area contributed by atoms with Crippen molar-refractivity contribution >= 4 is 11.8 Å². The lowest BCUT2D eigenvalue weighted by atomic mass is 10.1. The van der Waals surface area contributed by atoms with Crippen molar-refractivity contribution in [2.75, 3.05) is 13.1 Å². The molecule has 6 heteroatoms. The molecule has 1 aromatic rings. The number of carbonyl (C=O) groups is 2. The molecule has 0 bridgehead atoms. The van der Waals surface area contributed by atoms with E-state index < -0.39 is 11.8 Å². The van der Waals surface area contributed by atoms with Gasteiger partial charge in [-0.2, -0.15) is 0 Å². The van der Waals surface area contributed by atoms with Gasteiger partial charge in [-0.25, -0.2) is 0 Å². The zero-order valence-electron chi connectivity index (χ0n) is 9.38. The van der Waals surface area contributed by atoms with Crippen LogP contribution < -0.4 is 5.73 Å². The summed E-state index contributed by atoms with van der Waals surface area (Å²) in [5, 5.41) is 18.8. The van der Waals surface area contributed by atoms with Gasteiger partial charge in [-0.1, -0.05) is 0 Å². The molecule has 0 radical (unpaired) electrons. The average Bonchev–Trinajstić information content (AvgIpc) is 2.28. The Kier molecular flexibility index (Phi) is 3.92. The van der Waals surface area contributed by atoms with Crippen LogP contribution in [0.3, 0.4) is 0 Å². The highest BCUT2D eigenvalue weighted by Crippen LogP contribution is 2.23. The second-order valence-corrected chi connectivity index (χ2v) is 3.49. The fourth-order valence-electron chi connectivity index (χ4n) is 1.38. The Morgan fingerprint density at radius 1 is 1.35 bits per heavy atom. The first kappa shape index (κ1) is 12.8. The summed E-state index contributed by atoms with van der Waals surface area (Å²) in [6, 6.07) is 3.61. The van der Waals surface area contributed by atoms with Gasteiger partial charge in [0.1, 0.15) is 11.5 Å². The van der Waals surface area contributed by atoms with Crippen molar-refractivity contribution in [3.05, 3.63) is 23.8 Å². The van der Waals surface area contributed by atoms with E-state index in [1.165, 1.54) is 17.0 Å². The third-order valence-electron chi connectivity index (χ3n) is 2.23. The number of nitrogens with two attached hydrogens (primary N) is 1. The predicted octanol–water partition coefficient (Wildman–Crippen LogP) is 0.0452. The molecule has 92 valence electrons. The molecule has 0 atom stereocenters. The van der Waals surface area contributed by atoms with E-state index in [4.69, 9.17) is 5.73 Å². The molecule has 0 saturated carbocycles. The first-order chi connectivity index (χ1) is 7.95. The molecule has 0 aliphatic carbocycles. The number of amides is 2. The van der Waals surface area contributed by atoms with E-state index in [2.05, 4.69) is 0 Å². The van der Waals surface area contributed by atoms with Crippen molar-refractivity contribution in [1.29, 1.82) is 0 Å². The summed E-state index contributed by atoms with van der Waals surface area (Å²) >= 11 is 0. The van der Waals surface area contributed by atoms with Crippen LogP contribution in [0, 0.1) is 0 Å². The van der Waals surface area contributed by atoms with Gasteiger partial charge in [-0.05, 0) is 25.1 Å². The summed E-state index contributed by atoms with van der Waals surface area (Å²) in [6.07, 6.45) is 0. The van der Waals surface area contributed by atoms with E-state index in [-0.39, 0.29) is 30.2 Å². The van der Waals surface area contributed by atoms with Crippen LogP contribution >= 0.6 is 0 Å². The summed E-state index contributed by atoms with van der Waals surface area (Å²) < 4.78 is 0. The molecular weight excluding hydrogens is 224 g/mol. The number of phenols is 2. The Hall–Kier alpha value is -2.24. The Bertz CT molecular complexity index is 445. The number of benzene rings is 1. The fourth-order valence-corrected chi connectivity index (χ4v) is 1.38. The second-order valence-electron chi connectivity index (χ2n) is 3.49. The summed E-state index contributed by atoms with van der Waals surface area (Å²) in [6.45, 7) is 1.72. The van der Waals surface area contributed by atoms with Crippen LogP contribution in [-0.2, 0) is 4.79 Å². The highest BCUT2D eigenvalue weighted by Gasteiger charge is 2.19. The Morgan fingerprint density at radius 2 is 2.00 bits per heavy atom. The molecule has 2 amide bonds. The highest BCUT2D eigenvalue weighted by atomic mass is 16.3. The summed E-state index contributed by atoms with van der Waals surface area (Å²) in [5.41, 5.74) is 4.95. The topological polar surface area (TPSA) is 104 Å². The molecule has 4 N–H and O–H groups in total. The number of nitrogens with zero attached hydrogens (tertiary/aromatic N) is 1. The van der Waals surface area contributed by atoms with Crippen molar-refractivity contribution < 1.29 is 19.8 Å². The van der Waals surface area contributed by atoms with E-state index in [1.54, 1.807) is 6.92 Å². The minimum absolute atomic E-state index is 0.0619. The number of phenolic OH excluding ortho intramolecular Hbond substituents is 2. The van der Waals surface area contributed by atoms with Gasteiger partial charge < -0.3 is 20.8 Å². The number of primary amides is 1. The molecular formula is C11H14N2O4. The molecule has 1 rings (SSSR count). The lowest BCUT2D eigenvalue weighted by molar-refractivity contribution is -0.118. The van der Waals surface area contributed by atoms with Crippen LogP contribution in [0.4, 0.5) is 0 Å². The number of likely N-dealkylation sites (N-methyl/N-ethyl adjacent to an activating group) is 1. The number of carbonyl (C=O) groups excluding carboxylic acids is 2. The maximum absolute atomic E-state index is 11.9. The Labute approximate surface area is 98.3 Å². The van der Waals surface area contributed by atoms with Crippen LogP contribution in [0.2, 0.25) is 0 Å². The third-order valence-corrected chi connectivity index (χ3v) is 2.23. The van der Waals surface area contributed by atoms with Gasteiger partial charge in [0.2, 0.25) is 5.91 Å². The molecule has 17 heavy (non-hydrogen) atoms. The maximum Gasteiger partial charge on any atom is 0.258 e. The minimum Gasteiger partial charge on any atom is -0.508 e. The fraction of sp³-hybridized carbons (Fsp3) is 0.273. The summed E-state index contributed by atoms with van der Waals surface area (Å²) in [5.74, 6) is -1.59. The van der Waals surface area contributed by atoms with Crippen LogP contribution in [0.15, 0.2) is 18.2 Å². The molecule has 0 saturated heterocycles. The molecule has 6 nitrogen and oxygen atoms in total. The zero-order valence-corrected chi connectivity index (χ0v) is 9.38. The Balaban J connectivity index is 3.01. The van der Waals surface area contributed by atoms with Crippen LogP contribution in [-0.4, -0.2) is 40.0 Å². The lowest BCUT2D eigenvalue weighted by Crippen LogP contribution is -2.38. The minimum atomic E-state index is -0.639. The second kappa shape index (κ2) is 5.20. The monoisotopic (exact) mass is 238 g/mol. The standard InChI is InChI=1S/C11H14N2O4/c1-2-13(6-10(12)16)11(17)8-5-7(14)3-4-9(8)15/h3-5,14-15H,2,6H2,1H3,(H2,12,16). The quantitative estimate of drug-likeness (QED) is 0.644. The normalized spacial score (nSPS) is 9.94. The molecule has 0 aromatic heterocycles. The van der Waals surface area contributed by atoms with Gasteiger partial charge in [0.05, 0.1) is 12.1 Å². The molecule has 0 unspecified atom stereocenters. The summed E-state index contributed by atoms with van der Waals surface area (Å²) in [4.78, 5) is 23.9. The maximum atomic E-state index is 11.9. The van der Waals surface area contributed by atoms with Gasteiger partial charge in [0, 0.05) is 6.54 Å². The molecule has 0 aliphatic rings. The number of hydrogen-bond donors (Lipinski definition) is 3. The summed E-state index contributed by atoms with van der Waals surface area (Å²) in [7, 11) is 0. The average molecular weight is 238 g/mol. The van der Waals surface area contributed by atoms with Gasteiger partial charge >= 0.3 is 0 Å². The number of hydrogen-bond acceptors (Lipinski definition) is 4. The Morgan fingerprint density at radius 3 is 2.53 bits per heavy atom. The van der Waals surface area contributed by atoms with Crippen LogP contribution in [0.5, 0.6) is 11.5 Å². The van der Waals surface area contributed by atoms with Crippen molar-refractivity contribution in [2.24, 2.45) is 5.73 Å². The predicted molar refractivity (Wildman–Crippen MR) is 60.5 cm³/mol. The van der Waals surface area contributed by atoms with Crippen molar-refractivity contribution in [3.63, 3.8) is 0 Å². The third kappa shape index (κ3) is 3.10. The first-order valence-electron chi connectivity index (χ1n) is 5.05. The van der Waals surface area contributed by atoms with E-state index in [0.29, 0.717) is 0 Å². The van der Waals surface area contributed by atoms with Crippen LogP contribution in [0.1, 0.15) is 17.3 Å². The van der Waals surface area contributed by atoms with Crippen LogP contribution in [0.25, 0.3) is 0 Å². The van der Waals surface area contributed by atoms with Gasteiger partial charge in [-0.3, -0.25) is 9.59 Å². The van der Waals surface area contributed by atoms with E-state index in [9.17, 15) is 19.8 Å². The first-order valence-corrected chi connectivity index (χ1v) is 5.05. The van der Waals surface area contributed by atoms with Crippen molar-refractivity contribution in [3.8, 4) is 11.5 Å². The van der Waals surface area contributed by atoms with Gasteiger partial charge in [-0.15, -0.1) is 0 Å². The molecule has 0 spiro atoms.